The summed E-state index contributed by atoms with van der Waals surface area (Å²) >= 11 is 0. The second kappa shape index (κ2) is 13.3. The first kappa shape index (κ1) is 30.2. The third kappa shape index (κ3) is 7.73. The normalized spacial score (nSPS) is 14.7. The Hall–Kier alpha value is -3.72. The number of anilines is 1. The zero-order valence-corrected chi connectivity index (χ0v) is 24.7. The maximum atomic E-state index is 14.0. The molecule has 4 rings (SSSR count). The number of nitrogens with one attached hydrogen (secondary N) is 1. The van der Waals surface area contributed by atoms with Crippen LogP contribution in [0.5, 0.6) is 0 Å². The van der Waals surface area contributed by atoms with Gasteiger partial charge in [-0.1, -0.05) is 66.8 Å². The number of benzene rings is 3. The Balaban J connectivity index is 1.67. The molecule has 41 heavy (non-hydrogen) atoms. The van der Waals surface area contributed by atoms with Gasteiger partial charge in [-0.05, 0) is 75.6 Å². The second-order valence-corrected chi connectivity index (χ2v) is 12.7. The second-order valence-electron chi connectivity index (χ2n) is 10.8. The molecule has 9 heteroatoms. The van der Waals surface area contributed by atoms with Crippen LogP contribution in [0, 0.1) is 19.7 Å². The summed E-state index contributed by atoms with van der Waals surface area (Å²) in [6.07, 6.45) is 5.07. The Morgan fingerprint density at radius 2 is 1.59 bits per heavy atom. The van der Waals surface area contributed by atoms with Crippen molar-refractivity contribution in [2.75, 3.05) is 10.8 Å². The number of halogens is 1. The van der Waals surface area contributed by atoms with Gasteiger partial charge < -0.3 is 10.2 Å². The van der Waals surface area contributed by atoms with Crippen molar-refractivity contribution < 1.29 is 22.4 Å². The van der Waals surface area contributed by atoms with Crippen molar-refractivity contribution in [2.24, 2.45) is 0 Å². The van der Waals surface area contributed by atoms with Gasteiger partial charge in [0, 0.05) is 12.6 Å². The molecule has 0 heterocycles. The molecule has 1 aliphatic carbocycles. The molecule has 1 saturated carbocycles. The highest BCUT2D eigenvalue weighted by atomic mass is 32.2. The van der Waals surface area contributed by atoms with Crippen LogP contribution in [0.4, 0.5) is 10.1 Å². The lowest BCUT2D eigenvalue weighted by Crippen LogP contribution is -2.53. The van der Waals surface area contributed by atoms with Crippen LogP contribution < -0.4 is 9.62 Å². The van der Waals surface area contributed by atoms with E-state index in [0.717, 1.165) is 65.2 Å². The number of nitrogens with zero attached hydrogens (tertiary/aromatic N) is 2. The number of amides is 2. The van der Waals surface area contributed by atoms with E-state index < -0.39 is 34.3 Å². The van der Waals surface area contributed by atoms with Gasteiger partial charge in [0.25, 0.3) is 10.0 Å². The van der Waals surface area contributed by atoms with Gasteiger partial charge >= 0.3 is 0 Å². The van der Waals surface area contributed by atoms with E-state index in [-0.39, 0.29) is 23.4 Å². The summed E-state index contributed by atoms with van der Waals surface area (Å²) < 4.78 is 42.3. The molecule has 3 aromatic rings. The zero-order chi connectivity index (χ0) is 29.6. The Bertz CT molecular complexity index is 1450. The third-order valence-electron chi connectivity index (χ3n) is 7.56. The molecule has 0 spiro atoms. The Kier molecular flexibility index (Phi) is 9.81. The van der Waals surface area contributed by atoms with Gasteiger partial charge in [0.05, 0.1) is 10.6 Å². The maximum absolute atomic E-state index is 14.0. The predicted molar refractivity (Wildman–Crippen MR) is 158 cm³/mol. The van der Waals surface area contributed by atoms with E-state index >= 15 is 0 Å². The van der Waals surface area contributed by atoms with E-state index in [1.807, 2.05) is 38.1 Å². The summed E-state index contributed by atoms with van der Waals surface area (Å²) in [4.78, 5) is 28.7. The van der Waals surface area contributed by atoms with Crippen molar-refractivity contribution in [1.82, 2.24) is 10.2 Å². The van der Waals surface area contributed by atoms with Gasteiger partial charge in [-0.15, -0.1) is 0 Å². The van der Waals surface area contributed by atoms with Gasteiger partial charge in [-0.3, -0.25) is 13.9 Å². The Labute approximate surface area is 242 Å². The number of rotatable bonds is 10. The SMILES string of the molecule is Cc1ccc(N(CC(=O)N(Cc2cccc(C)c2)C(C)C(=O)NC2CCCCC2)S(=O)(=O)c2ccc(F)cc2)cc1. The Morgan fingerprint density at radius 1 is 0.927 bits per heavy atom. The predicted octanol–water partition coefficient (Wildman–Crippen LogP) is 5.50. The van der Waals surface area contributed by atoms with Crippen molar-refractivity contribution in [2.45, 2.75) is 76.4 Å². The molecule has 1 unspecified atom stereocenters. The molecule has 0 radical (unpaired) electrons. The van der Waals surface area contributed by atoms with E-state index in [9.17, 15) is 22.4 Å². The number of carbonyl (C=O) groups excluding carboxylic acids is 2. The average molecular weight is 580 g/mol. The van der Waals surface area contributed by atoms with Crippen molar-refractivity contribution in [3.05, 3.63) is 95.3 Å². The average Bonchev–Trinajstić information content (AvgIpc) is 2.95. The molecule has 1 N–H and O–H groups in total. The topological polar surface area (TPSA) is 86.8 Å². The van der Waals surface area contributed by atoms with Crippen LogP contribution >= 0.6 is 0 Å². The molecule has 0 saturated heterocycles. The summed E-state index contributed by atoms with van der Waals surface area (Å²) in [5.74, 6) is -1.35. The van der Waals surface area contributed by atoms with Crippen LogP contribution in [-0.2, 0) is 26.2 Å². The minimum atomic E-state index is -4.24. The quantitative estimate of drug-likeness (QED) is 0.344. The molecule has 2 amide bonds. The maximum Gasteiger partial charge on any atom is 0.264 e. The molecule has 1 fully saturated rings. The fourth-order valence-corrected chi connectivity index (χ4v) is 6.55. The first-order chi connectivity index (χ1) is 19.5. The fourth-order valence-electron chi connectivity index (χ4n) is 5.13. The molecule has 0 aromatic heterocycles. The van der Waals surface area contributed by atoms with E-state index in [1.54, 1.807) is 31.2 Å². The van der Waals surface area contributed by atoms with Crippen molar-refractivity contribution in [1.29, 1.82) is 0 Å². The molecule has 1 aliphatic rings. The highest BCUT2D eigenvalue weighted by Crippen LogP contribution is 2.25. The zero-order valence-electron chi connectivity index (χ0n) is 23.8. The summed E-state index contributed by atoms with van der Waals surface area (Å²) in [6, 6.07) is 18.2. The van der Waals surface area contributed by atoms with Gasteiger partial charge in [0.1, 0.15) is 18.4 Å². The van der Waals surface area contributed by atoms with Gasteiger partial charge in [0.2, 0.25) is 11.8 Å². The first-order valence-electron chi connectivity index (χ1n) is 14.0. The van der Waals surface area contributed by atoms with Crippen LogP contribution in [0.1, 0.15) is 55.7 Å². The largest absolute Gasteiger partial charge is 0.352 e. The van der Waals surface area contributed by atoms with E-state index in [4.69, 9.17) is 0 Å². The number of hydrogen-bond donors (Lipinski definition) is 1. The first-order valence-corrected chi connectivity index (χ1v) is 15.5. The summed E-state index contributed by atoms with van der Waals surface area (Å²) in [5, 5.41) is 3.10. The van der Waals surface area contributed by atoms with Gasteiger partial charge in [-0.25, -0.2) is 12.8 Å². The Morgan fingerprint density at radius 3 is 2.22 bits per heavy atom. The van der Waals surface area contributed by atoms with E-state index in [0.29, 0.717) is 5.69 Å². The number of sulfonamides is 1. The monoisotopic (exact) mass is 579 g/mol. The van der Waals surface area contributed by atoms with E-state index in [1.165, 1.54) is 17.0 Å². The third-order valence-corrected chi connectivity index (χ3v) is 9.34. The van der Waals surface area contributed by atoms with Crippen molar-refractivity contribution in [3.8, 4) is 0 Å². The lowest BCUT2D eigenvalue weighted by molar-refractivity contribution is -0.139. The lowest BCUT2D eigenvalue weighted by Gasteiger charge is -2.33. The molecular weight excluding hydrogens is 541 g/mol. The highest BCUT2D eigenvalue weighted by Gasteiger charge is 2.33. The van der Waals surface area contributed by atoms with Crippen LogP contribution in [0.3, 0.4) is 0 Å². The van der Waals surface area contributed by atoms with Crippen LogP contribution in [0.25, 0.3) is 0 Å². The molecular formula is C32H38FN3O4S. The lowest BCUT2D eigenvalue weighted by atomic mass is 9.95. The smallest absolute Gasteiger partial charge is 0.264 e. The molecule has 0 bridgehead atoms. The van der Waals surface area contributed by atoms with Gasteiger partial charge in [-0.2, -0.15) is 0 Å². The standard InChI is InChI=1S/C32H38FN3O4S/c1-23-12-16-29(17-13-23)36(41(39,40)30-18-14-27(33)15-19-30)22-31(37)35(21-26-9-7-8-24(2)20-26)25(3)32(38)34-28-10-5-4-6-11-28/h7-9,12-20,25,28H,4-6,10-11,21-22H2,1-3H3,(H,34,38). The van der Waals surface area contributed by atoms with Crippen LogP contribution in [0.2, 0.25) is 0 Å². The molecule has 1 atom stereocenters. The van der Waals surface area contributed by atoms with Crippen LogP contribution in [-0.4, -0.2) is 43.8 Å². The summed E-state index contributed by atoms with van der Waals surface area (Å²) in [5.41, 5.74) is 3.06. The molecule has 7 nitrogen and oxygen atoms in total. The molecule has 0 aliphatic heterocycles. The fraction of sp³-hybridized carbons (Fsp3) is 0.375. The minimum absolute atomic E-state index is 0.0672. The number of hydrogen-bond acceptors (Lipinski definition) is 4. The van der Waals surface area contributed by atoms with E-state index in [2.05, 4.69) is 5.32 Å². The highest BCUT2D eigenvalue weighted by molar-refractivity contribution is 7.92. The van der Waals surface area contributed by atoms with Crippen LogP contribution in [0.15, 0.2) is 77.7 Å². The summed E-state index contributed by atoms with van der Waals surface area (Å²) in [6.45, 7) is 5.11. The van der Waals surface area contributed by atoms with Gasteiger partial charge in [0.15, 0.2) is 0 Å². The van der Waals surface area contributed by atoms with Crippen molar-refractivity contribution in [3.63, 3.8) is 0 Å². The molecule has 3 aromatic carbocycles. The minimum Gasteiger partial charge on any atom is -0.352 e. The number of carbonyl (C=O) groups is 2. The number of aryl methyl sites for hydroxylation is 2. The van der Waals surface area contributed by atoms with Crippen molar-refractivity contribution >= 4 is 27.5 Å². The summed E-state index contributed by atoms with van der Waals surface area (Å²) in [7, 11) is -4.24. The molecule has 218 valence electrons.